The normalized spacial score (nSPS) is 12.2. The molecule has 0 spiro atoms. The van der Waals surface area contributed by atoms with Gasteiger partial charge in [0.1, 0.15) is 16.2 Å². The van der Waals surface area contributed by atoms with Gasteiger partial charge in [-0.2, -0.15) is 0 Å². The third-order valence-electron chi connectivity index (χ3n) is 3.82. The van der Waals surface area contributed by atoms with Crippen LogP contribution in [0.1, 0.15) is 26.7 Å². The Kier molecular flexibility index (Phi) is 6.04. The zero-order chi connectivity index (χ0) is 17.6. The number of thiophene rings is 1. The lowest BCUT2D eigenvalue weighted by Gasteiger charge is -2.12. The van der Waals surface area contributed by atoms with Crippen LogP contribution in [-0.4, -0.2) is 27.7 Å². The van der Waals surface area contributed by atoms with Crippen molar-refractivity contribution in [2.75, 3.05) is 5.75 Å². The molecule has 0 bridgehead atoms. The summed E-state index contributed by atoms with van der Waals surface area (Å²) in [4.78, 5) is 23.0. The van der Waals surface area contributed by atoms with Crippen LogP contribution >= 0.6 is 23.1 Å². The van der Waals surface area contributed by atoms with Crippen LogP contribution in [0, 0.1) is 0 Å². The molecule has 3 aromatic rings. The molecule has 0 aliphatic carbocycles. The van der Waals surface area contributed by atoms with Gasteiger partial charge in [-0.25, -0.2) is 9.97 Å². The Morgan fingerprint density at radius 1 is 1.28 bits per heavy atom. The van der Waals surface area contributed by atoms with Crippen LogP contribution in [0.2, 0.25) is 0 Å². The minimum Gasteiger partial charge on any atom is -0.353 e. The van der Waals surface area contributed by atoms with Crippen molar-refractivity contribution in [1.29, 1.82) is 0 Å². The topological polar surface area (TPSA) is 54.9 Å². The average molecular weight is 372 g/mol. The molecule has 0 saturated carbocycles. The van der Waals surface area contributed by atoms with E-state index in [0.29, 0.717) is 5.75 Å². The van der Waals surface area contributed by atoms with Crippen LogP contribution in [-0.2, 0) is 4.79 Å². The van der Waals surface area contributed by atoms with Gasteiger partial charge in [-0.15, -0.1) is 11.3 Å². The van der Waals surface area contributed by atoms with E-state index in [1.54, 1.807) is 17.7 Å². The summed E-state index contributed by atoms with van der Waals surface area (Å²) in [6.07, 6.45) is 3.64. The van der Waals surface area contributed by atoms with Crippen LogP contribution < -0.4 is 5.32 Å². The van der Waals surface area contributed by atoms with E-state index in [-0.39, 0.29) is 11.9 Å². The molecule has 0 saturated heterocycles. The fourth-order valence-corrected chi connectivity index (χ4v) is 4.50. The molecule has 25 heavy (non-hydrogen) atoms. The van der Waals surface area contributed by atoms with Crippen molar-refractivity contribution in [3.05, 3.63) is 42.7 Å². The number of fused-ring (bicyclic) bond motifs is 1. The van der Waals surface area contributed by atoms with Gasteiger partial charge in [0.15, 0.2) is 0 Å². The average Bonchev–Trinajstić information content (AvgIpc) is 3.05. The van der Waals surface area contributed by atoms with E-state index in [0.717, 1.165) is 28.1 Å². The van der Waals surface area contributed by atoms with Gasteiger partial charge in [0, 0.05) is 16.3 Å². The van der Waals surface area contributed by atoms with Crippen LogP contribution in [0.5, 0.6) is 0 Å². The summed E-state index contributed by atoms with van der Waals surface area (Å²) in [6, 6.07) is 12.6. The highest BCUT2D eigenvalue weighted by atomic mass is 32.2. The second kappa shape index (κ2) is 8.45. The maximum Gasteiger partial charge on any atom is 0.230 e. The van der Waals surface area contributed by atoms with Crippen molar-refractivity contribution in [1.82, 2.24) is 15.3 Å². The molecule has 3 rings (SSSR count). The first kappa shape index (κ1) is 17.9. The quantitative estimate of drug-likeness (QED) is 0.481. The van der Waals surface area contributed by atoms with E-state index in [9.17, 15) is 4.79 Å². The summed E-state index contributed by atoms with van der Waals surface area (Å²) in [5.41, 5.74) is 1.17. The van der Waals surface area contributed by atoms with Crippen molar-refractivity contribution in [3.8, 4) is 10.4 Å². The molecule has 2 heterocycles. The van der Waals surface area contributed by atoms with E-state index >= 15 is 0 Å². The smallest absolute Gasteiger partial charge is 0.230 e. The molecule has 2 aromatic heterocycles. The standard InChI is InChI=1S/C19H21N3OS2/c1-3-7-13(2)22-17(23)11-24-18-15-10-16(14-8-5-4-6-9-14)25-19(15)21-12-20-18/h4-6,8-10,12-13H,3,7,11H2,1-2H3,(H,22,23)/t13-/m0/s1. The number of carbonyl (C=O) groups is 1. The van der Waals surface area contributed by atoms with Gasteiger partial charge in [0.05, 0.1) is 5.75 Å². The molecule has 1 aromatic carbocycles. The molecule has 1 N–H and O–H groups in total. The highest BCUT2D eigenvalue weighted by Crippen LogP contribution is 2.35. The first-order valence-electron chi connectivity index (χ1n) is 8.39. The van der Waals surface area contributed by atoms with Gasteiger partial charge in [-0.3, -0.25) is 4.79 Å². The van der Waals surface area contributed by atoms with Crippen LogP contribution in [0.3, 0.4) is 0 Å². The molecular weight excluding hydrogens is 350 g/mol. The molecule has 6 heteroatoms. The lowest BCUT2D eigenvalue weighted by atomic mass is 10.2. The third-order valence-corrected chi connectivity index (χ3v) is 5.92. The van der Waals surface area contributed by atoms with E-state index in [2.05, 4.69) is 40.4 Å². The van der Waals surface area contributed by atoms with Gasteiger partial charge in [0.25, 0.3) is 0 Å². The molecule has 0 radical (unpaired) electrons. The molecule has 130 valence electrons. The number of carbonyl (C=O) groups excluding carboxylic acids is 1. The number of amides is 1. The molecule has 1 amide bonds. The molecular formula is C19H21N3OS2. The Bertz CT molecular complexity index is 848. The Labute approximate surface area is 156 Å². The molecule has 4 nitrogen and oxygen atoms in total. The monoisotopic (exact) mass is 371 g/mol. The SMILES string of the molecule is CCC[C@H](C)NC(=O)CSc1ncnc2sc(-c3ccccc3)cc12. The van der Waals surface area contributed by atoms with Crippen LogP contribution in [0.15, 0.2) is 47.8 Å². The minimum atomic E-state index is 0.0521. The van der Waals surface area contributed by atoms with Gasteiger partial charge in [0.2, 0.25) is 5.91 Å². The van der Waals surface area contributed by atoms with Gasteiger partial charge in [-0.1, -0.05) is 55.4 Å². The number of nitrogens with zero attached hydrogens (tertiary/aromatic N) is 2. The number of hydrogen-bond acceptors (Lipinski definition) is 5. The first-order chi connectivity index (χ1) is 12.2. The van der Waals surface area contributed by atoms with Crippen molar-refractivity contribution >= 4 is 39.2 Å². The number of benzene rings is 1. The Hall–Kier alpha value is -1.92. The van der Waals surface area contributed by atoms with E-state index < -0.39 is 0 Å². The molecule has 0 unspecified atom stereocenters. The number of hydrogen-bond donors (Lipinski definition) is 1. The maximum absolute atomic E-state index is 12.1. The fraction of sp³-hybridized carbons (Fsp3) is 0.316. The molecule has 0 fully saturated rings. The number of nitrogens with one attached hydrogen (secondary N) is 1. The summed E-state index contributed by atoms with van der Waals surface area (Å²) < 4.78 is 0. The fourth-order valence-electron chi connectivity index (χ4n) is 2.65. The number of aromatic nitrogens is 2. The third kappa shape index (κ3) is 4.58. The first-order valence-corrected chi connectivity index (χ1v) is 10.2. The van der Waals surface area contributed by atoms with Gasteiger partial charge < -0.3 is 5.32 Å². The van der Waals surface area contributed by atoms with E-state index in [4.69, 9.17) is 0 Å². The van der Waals surface area contributed by atoms with Crippen molar-refractivity contribution in [2.24, 2.45) is 0 Å². The Balaban J connectivity index is 1.74. The highest BCUT2D eigenvalue weighted by molar-refractivity contribution is 8.00. The van der Waals surface area contributed by atoms with Crippen molar-refractivity contribution in [3.63, 3.8) is 0 Å². The number of thioether (sulfide) groups is 1. The van der Waals surface area contributed by atoms with Crippen molar-refractivity contribution < 1.29 is 4.79 Å². The Morgan fingerprint density at radius 2 is 2.08 bits per heavy atom. The van der Waals surface area contributed by atoms with E-state index in [1.165, 1.54) is 22.2 Å². The highest BCUT2D eigenvalue weighted by Gasteiger charge is 2.13. The lowest BCUT2D eigenvalue weighted by Crippen LogP contribution is -2.33. The largest absolute Gasteiger partial charge is 0.353 e. The second-order valence-corrected chi connectivity index (χ2v) is 7.91. The maximum atomic E-state index is 12.1. The number of rotatable bonds is 7. The summed E-state index contributed by atoms with van der Waals surface area (Å²) in [7, 11) is 0. The predicted octanol–water partition coefficient (Wildman–Crippen LogP) is 4.76. The summed E-state index contributed by atoms with van der Waals surface area (Å²) in [6.45, 7) is 4.16. The lowest BCUT2D eigenvalue weighted by molar-refractivity contribution is -0.119. The zero-order valence-corrected chi connectivity index (χ0v) is 16.0. The van der Waals surface area contributed by atoms with Crippen molar-refractivity contribution in [2.45, 2.75) is 37.8 Å². The van der Waals surface area contributed by atoms with Crippen LogP contribution in [0.4, 0.5) is 0 Å². The molecule has 0 aliphatic heterocycles. The summed E-state index contributed by atoms with van der Waals surface area (Å²) in [5.74, 6) is 0.424. The minimum absolute atomic E-state index is 0.0521. The van der Waals surface area contributed by atoms with Crippen LogP contribution in [0.25, 0.3) is 20.7 Å². The predicted molar refractivity (Wildman–Crippen MR) is 106 cm³/mol. The second-order valence-electron chi connectivity index (χ2n) is 5.92. The Morgan fingerprint density at radius 3 is 2.84 bits per heavy atom. The van der Waals surface area contributed by atoms with Gasteiger partial charge >= 0.3 is 0 Å². The molecule has 1 atom stereocenters. The summed E-state index contributed by atoms with van der Waals surface area (Å²) in [5, 5.41) is 4.91. The molecule has 0 aliphatic rings. The van der Waals surface area contributed by atoms with E-state index in [1.807, 2.05) is 25.1 Å². The zero-order valence-electron chi connectivity index (χ0n) is 14.4. The van der Waals surface area contributed by atoms with Gasteiger partial charge in [-0.05, 0) is 25.0 Å². The summed E-state index contributed by atoms with van der Waals surface area (Å²) >= 11 is 3.12.